The number of aliphatic hydroxyl groups is 2. The van der Waals surface area contributed by atoms with E-state index in [9.17, 15) is 24.5 Å². The number of aliphatic hydroxyl groups excluding tert-OH is 2. The van der Waals surface area contributed by atoms with Gasteiger partial charge in [0.15, 0.2) is 0 Å². The van der Waals surface area contributed by atoms with Crippen LogP contribution < -0.4 is 5.56 Å². The van der Waals surface area contributed by atoms with Gasteiger partial charge in [-0.3, -0.25) is 14.3 Å². The van der Waals surface area contributed by atoms with Crippen molar-refractivity contribution in [1.29, 1.82) is 0 Å². The Bertz CT molecular complexity index is 785. The Kier molecular flexibility index (Phi) is 7.23. The molecule has 0 amide bonds. The van der Waals surface area contributed by atoms with E-state index in [1.54, 1.807) is 20.8 Å². The zero-order valence-electron chi connectivity index (χ0n) is 17.0. The molecule has 0 aromatic carbocycles. The topological polar surface area (TPSA) is 142 Å². The van der Waals surface area contributed by atoms with E-state index in [2.05, 4.69) is 9.97 Å². The summed E-state index contributed by atoms with van der Waals surface area (Å²) in [4.78, 5) is 28.3. The summed E-state index contributed by atoms with van der Waals surface area (Å²) in [6.07, 6.45) is -2.12. The molecule has 7 atom stereocenters. The molecule has 28 heavy (non-hydrogen) atoms. The summed E-state index contributed by atoms with van der Waals surface area (Å²) in [6.45, 7) is 8.61. The van der Waals surface area contributed by atoms with Gasteiger partial charge in [0.25, 0.3) is 5.56 Å². The zero-order chi connectivity index (χ0) is 21.3. The number of nitrogens with one attached hydrogen (secondary N) is 1. The van der Waals surface area contributed by atoms with E-state index in [0.29, 0.717) is 24.2 Å². The first-order valence-corrected chi connectivity index (χ1v) is 11.2. The number of hydrogen-bond donors (Lipinski definition) is 4. The highest BCUT2D eigenvalue weighted by atomic mass is 31.2. The second-order valence-corrected chi connectivity index (χ2v) is 9.95. The summed E-state index contributed by atoms with van der Waals surface area (Å²) in [7, 11) is -3.85. The SMILES string of the molecule is CCC(C)P(=O)(O)OC(C)(CC)CC1OC(c2ncc(=O)[nH]c2C)C(O)C1O. The third-order valence-corrected chi connectivity index (χ3v) is 7.71. The Labute approximate surface area is 164 Å². The van der Waals surface area contributed by atoms with Crippen LogP contribution in [-0.4, -0.2) is 54.6 Å². The van der Waals surface area contributed by atoms with Crippen molar-refractivity contribution >= 4 is 7.60 Å². The number of aryl methyl sites for hydroxylation is 1. The van der Waals surface area contributed by atoms with E-state index in [-0.39, 0.29) is 12.0 Å². The van der Waals surface area contributed by atoms with Gasteiger partial charge in [-0.15, -0.1) is 0 Å². The van der Waals surface area contributed by atoms with Gasteiger partial charge in [-0.2, -0.15) is 0 Å². The number of aromatic amines is 1. The molecule has 0 bridgehead atoms. The maximum Gasteiger partial charge on any atom is 0.331 e. The maximum atomic E-state index is 12.5. The van der Waals surface area contributed by atoms with E-state index in [4.69, 9.17) is 9.26 Å². The summed E-state index contributed by atoms with van der Waals surface area (Å²) in [5, 5.41) is 20.9. The number of nitrogens with zero attached hydrogens (tertiary/aromatic N) is 1. The average Bonchev–Trinajstić information content (AvgIpc) is 2.88. The highest BCUT2D eigenvalue weighted by molar-refractivity contribution is 7.53. The Morgan fingerprint density at radius 3 is 2.57 bits per heavy atom. The molecule has 1 aromatic heterocycles. The van der Waals surface area contributed by atoms with E-state index >= 15 is 0 Å². The Morgan fingerprint density at radius 1 is 1.39 bits per heavy atom. The molecule has 2 heterocycles. The van der Waals surface area contributed by atoms with Crippen LogP contribution in [0.25, 0.3) is 0 Å². The highest BCUT2D eigenvalue weighted by Gasteiger charge is 2.48. The smallest absolute Gasteiger partial charge is 0.331 e. The molecule has 0 saturated carbocycles. The van der Waals surface area contributed by atoms with Crippen molar-refractivity contribution in [2.75, 3.05) is 0 Å². The highest BCUT2D eigenvalue weighted by Crippen LogP contribution is 2.54. The number of ether oxygens (including phenoxy) is 1. The predicted molar refractivity (Wildman–Crippen MR) is 103 cm³/mol. The van der Waals surface area contributed by atoms with Gasteiger partial charge in [-0.1, -0.05) is 20.8 Å². The van der Waals surface area contributed by atoms with Crippen molar-refractivity contribution in [3.63, 3.8) is 0 Å². The summed E-state index contributed by atoms with van der Waals surface area (Å²) < 4.78 is 24.0. The van der Waals surface area contributed by atoms with Crippen LogP contribution in [0.2, 0.25) is 0 Å². The van der Waals surface area contributed by atoms with Crippen LogP contribution in [0.15, 0.2) is 11.0 Å². The quantitative estimate of drug-likeness (QED) is 0.468. The lowest BCUT2D eigenvalue weighted by atomic mass is 9.92. The maximum absolute atomic E-state index is 12.5. The van der Waals surface area contributed by atoms with E-state index < -0.39 is 43.3 Å². The lowest BCUT2D eigenvalue weighted by Crippen LogP contribution is -2.38. The normalized spacial score (nSPS) is 30.6. The molecular weight excluding hydrogens is 387 g/mol. The van der Waals surface area contributed by atoms with Gasteiger partial charge in [-0.25, -0.2) is 0 Å². The fraction of sp³-hybridized carbons (Fsp3) is 0.778. The Balaban J connectivity index is 2.20. The van der Waals surface area contributed by atoms with Gasteiger partial charge in [0.2, 0.25) is 0 Å². The first kappa shape index (κ1) is 23.2. The van der Waals surface area contributed by atoms with Crippen LogP contribution in [0.1, 0.15) is 64.4 Å². The fourth-order valence-corrected chi connectivity index (χ4v) is 4.72. The molecule has 160 valence electrons. The van der Waals surface area contributed by atoms with Crippen LogP contribution in [0, 0.1) is 6.92 Å². The summed E-state index contributed by atoms with van der Waals surface area (Å²) >= 11 is 0. The molecule has 7 unspecified atom stereocenters. The Morgan fingerprint density at radius 2 is 2.04 bits per heavy atom. The second kappa shape index (κ2) is 8.73. The van der Waals surface area contributed by atoms with Crippen LogP contribution in [0.4, 0.5) is 0 Å². The first-order valence-electron chi connectivity index (χ1n) is 9.54. The lowest BCUT2D eigenvalue weighted by molar-refractivity contribution is -0.0480. The molecule has 10 heteroatoms. The van der Waals surface area contributed by atoms with Gasteiger partial charge in [0.05, 0.1) is 29.3 Å². The molecule has 0 radical (unpaired) electrons. The lowest BCUT2D eigenvalue weighted by Gasteiger charge is -2.35. The summed E-state index contributed by atoms with van der Waals surface area (Å²) in [6, 6.07) is 0. The number of H-pyrrole nitrogens is 1. The molecular formula is C18H31N2O7P. The van der Waals surface area contributed by atoms with Crippen molar-refractivity contribution in [1.82, 2.24) is 9.97 Å². The van der Waals surface area contributed by atoms with Crippen molar-refractivity contribution < 1.29 is 28.9 Å². The summed E-state index contributed by atoms with van der Waals surface area (Å²) in [5.41, 5.74) is -1.14. The minimum absolute atomic E-state index is 0.113. The molecule has 1 fully saturated rings. The van der Waals surface area contributed by atoms with Gasteiger partial charge in [0, 0.05) is 12.1 Å². The molecule has 0 aliphatic carbocycles. The monoisotopic (exact) mass is 418 g/mol. The predicted octanol–water partition coefficient (Wildman–Crippen LogP) is 1.80. The second-order valence-electron chi connectivity index (χ2n) is 7.75. The number of aromatic nitrogens is 2. The van der Waals surface area contributed by atoms with Crippen LogP contribution in [0.5, 0.6) is 0 Å². The number of hydrogen-bond acceptors (Lipinski definition) is 7. The van der Waals surface area contributed by atoms with Gasteiger partial charge >= 0.3 is 7.60 Å². The Hall–Kier alpha value is -1.09. The number of rotatable bonds is 8. The first-order chi connectivity index (χ1) is 12.9. The van der Waals surface area contributed by atoms with Crippen molar-refractivity contribution in [3.05, 3.63) is 27.9 Å². The van der Waals surface area contributed by atoms with Gasteiger partial charge in [0.1, 0.15) is 18.3 Å². The van der Waals surface area contributed by atoms with E-state index in [0.717, 1.165) is 6.20 Å². The zero-order valence-corrected chi connectivity index (χ0v) is 17.8. The van der Waals surface area contributed by atoms with Gasteiger partial charge in [-0.05, 0) is 26.7 Å². The molecule has 1 aliphatic rings. The molecule has 1 aliphatic heterocycles. The molecule has 1 aromatic rings. The minimum Gasteiger partial charge on any atom is -0.388 e. The van der Waals surface area contributed by atoms with Gasteiger partial charge < -0.3 is 29.4 Å². The molecule has 0 spiro atoms. The van der Waals surface area contributed by atoms with Crippen LogP contribution in [0.3, 0.4) is 0 Å². The largest absolute Gasteiger partial charge is 0.388 e. The molecule has 4 N–H and O–H groups in total. The summed E-state index contributed by atoms with van der Waals surface area (Å²) in [5.74, 6) is 0. The molecule has 1 saturated heterocycles. The van der Waals surface area contributed by atoms with E-state index in [1.165, 1.54) is 0 Å². The average molecular weight is 418 g/mol. The third kappa shape index (κ3) is 4.90. The van der Waals surface area contributed by atoms with E-state index in [1.807, 2.05) is 13.8 Å². The third-order valence-electron chi connectivity index (χ3n) is 5.53. The van der Waals surface area contributed by atoms with Crippen molar-refractivity contribution in [2.45, 2.75) is 89.6 Å². The molecule has 2 rings (SSSR count). The van der Waals surface area contributed by atoms with Crippen molar-refractivity contribution in [3.8, 4) is 0 Å². The molecule has 9 nitrogen and oxygen atoms in total. The fourth-order valence-electron chi connectivity index (χ4n) is 3.24. The van der Waals surface area contributed by atoms with Crippen LogP contribution in [-0.2, 0) is 13.8 Å². The standard InChI is InChI=1S/C18H31N2O7P/c1-6-10(3)28(24,25)27-18(5,7-2)8-12-15(22)16(23)17(26-12)14-11(4)20-13(21)9-19-14/h9-10,12,15-17,22-23H,6-8H2,1-5H3,(H,20,21)(H,24,25). The van der Waals surface area contributed by atoms with Crippen molar-refractivity contribution in [2.24, 2.45) is 0 Å². The minimum atomic E-state index is -3.85. The van der Waals surface area contributed by atoms with Crippen LogP contribution >= 0.6 is 7.60 Å².